The summed E-state index contributed by atoms with van der Waals surface area (Å²) in [6.07, 6.45) is 3.38. The number of likely N-dealkylation sites (tertiary alicyclic amines) is 1. The number of hydrogen-bond acceptors (Lipinski definition) is 5. The van der Waals surface area contributed by atoms with Crippen molar-refractivity contribution in [3.05, 3.63) is 41.5 Å². The zero-order chi connectivity index (χ0) is 16.9. The highest BCUT2D eigenvalue weighted by Crippen LogP contribution is 2.25. The van der Waals surface area contributed by atoms with E-state index in [0.29, 0.717) is 28.9 Å². The Hall–Kier alpha value is -2.37. The Morgan fingerprint density at radius 3 is 3.00 bits per heavy atom. The number of para-hydroxylation sites is 1. The molecule has 128 valence electrons. The van der Waals surface area contributed by atoms with Gasteiger partial charge in [0.15, 0.2) is 6.61 Å². The number of ether oxygens (including phenoxy) is 1. The summed E-state index contributed by atoms with van der Waals surface area (Å²) >= 11 is 0. The molecule has 1 saturated heterocycles. The summed E-state index contributed by atoms with van der Waals surface area (Å²) in [5.41, 5.74) is 0.592. The normalized spacial score (nSPS) is 17.8. The molecule has 6 heteroatoms. The Bertz CT molecular complexity index is 698. The van der Waals surface area contributed by atoms with Gasteiger partial charge < -0.3 is 14.2 Å². The molecule has 1 aliphatic heterocycles. The molecule has 1 aliphatic rings. The van der Waals surface area contributed by atoms with Crippen molar-refractivity contribution in [1.82, 2.24) is 15.0 Å². The van der Waals surface area contributed by atoms with Gasteiger partial charge in [-0.05, 0) is 30.9 Å². The zero-order valence-corrected chi connectivity index (χ0v) is 14.2. The summed E-state index contributed by atoms with van der Waals surface area (Å²) < 4.78 is 10.7. The third kappa shape index (κ3) is 3.75. The first-order valence-electron chi connectivity index (χ1n) is 8.47. The maximum absolute atomic E-state index is 12.9. The van der Waals surface area contributed by atoms with Crippen LogP contribution >= 0.6 is 0 Å². The van der Waals surface area contributed by atoms with Crippen molar-refractivity contribution in [3.8, 4) is 5.75 Å². The number of carbonyl (C=O) groups is 1. The molecule has 1 amide bonds. The van der Waals surface area contributed by atoms with E-state index in [1.807, 2.05) is 23.1 Å². The molecule has 24 heavy (non-hydrogen) atoms. The molecule has 2 heterocycles. The number of nitrogens with zero attached hydrogens (tertiary/aromatic N) is 3. The monoisotopic (exact) mass is 329 g/mol. The van der Waals surface area contributed by atoms with E-state index in [1.165, 1.54) is 6.42 Å². The van der Waals surface area contributed by atoms with Crippen molar-refractivity contribution in [3.63, 3.8) is 0 Å². The lowest BCUT2D eigenvalue weighted by molar-refractivity contribution is 0.0666. The van der Waals surface area contributed by atoms with Crippen LogP contribution in [0.3, 0.4) is 0 Å². The smallest absolute Gasteiger partial charge is 0.257 e. The van der Waals surface area contributed by atoms with Gasteiger partial charge in [-0.25, -0.2) is 0 Å². The number of piperidine rings is 1. The molecule has 0 N–H and O–H groups in total. The van der Waals surface area contributed by atoms with Crippen LogP contribution in [-0.2, 0) is 6.61 Å². The lowest BCUT2D eigenvalue weighted by Gasteiger charge is -2.32. The standard InChI is InChI=1S/C18H23N3O3/c1-3-14-7-6-10-21(11-14)18(22)15-8-4-5-9-16(15)23-12-17-19-13(2)24-20-17/h4-5,8-9,14H,3,6-7,10-12H2,1-2H3/t14-/m0/s1. The minimum Gasteiger partial charge on any atom is -0.485 e. The summed E-state index contributed by atoms with van der Waals surface area (Å²) in [5, 5.41) is 3.81. The van der Waals surface area contributed by atoms with Gasteiger partial charge >= 0.3 is 0 Å². The Morgan fingerprint density at radius 2 is 2.25 bits per heavy atom. The molecule has 1 fully saturated rings. The predicted molar refractivity (Wildman–Crippen MR) is 88.7 cm³/mol. The Morgan fingerprint density at radius 1 is 1.42 bits per heavy atom. The van der Waals surface area contributed by atoms with Gasteiger partial charge in [0.1, 0.15) is 5.75 Å². The van der Waals surface area contributed by atoms with E-state index in [1.54, 1.807) is 13.0 Å². The molecule has 0 bridgehead atoms. The molecule has 1 aromatic carbocycles. The van der Waals surface area contributed by atoms with Gasteiger partial charge in [-0.3, -0.25) is 4.79 Å². The van der Waals surface area contributed by atoms with Crippen LogP contribution in [0.25, 0.3) is 0 Å². The van der Waals surface area contributed by atoms with Crippen molar-refractivity contribution in [2.24, 2.45) is 5.92 Å². The summed E-state index contributed by atoms with van der Waals surface area (Å²) in [6, 6.07) is 7.34. The van der Waals surface area contributed by atoms with E-state index < -0.39 is 0 Å². The van der Waals surface area contributed by atoms with Crippen molar-refractivity contribution >= 4 is 5.91 Å². The van der Waals surface area contributed by atoms with Gasteiger partial charge in [0, 0.05) is 20.0 Å². The second kappa shape index (κ2) is 7.47. The maximum atomic E-state index is 12.9. The highest BCUT2D eigenvalue weighted by molar-refractivity contribution is 5.97. The fourth-order valence-electron chi connectivity index (χ4n) is 3.06. The molecule has 1 atom stereocenters. The molecule has 0 saturated carbocycles. The highest BCUT2D eigenvalue weighted by Gasteiger charge is 2.25. The van der Waals surface area contributed by atoms with Crippen LogP contribution in [-0.4, -0.2) is 34.0 Å². The third-order valence-electron chi connectivity index (χ3n) is 4.43. The van der Waals surface area contributed by atoms with E-state index in [0.717, 1.165) is 25.9 Å². The highest BCUT2D eigenvalue weighted by atomic mass is 16.5. The van der Waals surface area contributed by atoms with Crippen molar-refractivity contribution in [1.29, 1.82) is 0 Å². The van der Waals surface area contributed by atoms with E-state index in [-0.39, 0.29) is 12.5 Å². The molecular formula is C18H23N3O3. The van der Waals surface area contributed by atoms with E-state index in [2.05, 4.69) is 17.1 Å². The second-order valence-corrected chi connectivity index (χ2v) is 6.18. The zero-order valence-electron chi connectivity index (χ0n) is 14.2. The first kappa shape index (κ1) is 16.5. The van der Waals surface area contributed by atoms with Crippen LogP contribution in [0, 0.1) is 12.8 Å². The van der Waals surface area contributed by atoms with Crippen molar-refractivity contribution in [2.75, 3.05) is 13.1 Å². The Balaban J connectivity index is 1.72. The van der Waals surface area contributed by atoms with Crippen LogP contribution in [0.1, 0.15) is 48.3 Å². The van der Waals surface area contributed by atoms with Crippen molar-refractivity contribution < 1.29 is 14.1 Å². The first-order valence-corrected chi connectivity index (χ1v) is 8.47. The maximum Gasteiger partial charge on any atom is 0.257 e. The van der Waals surface area contributed by atoms with Gasteiger partial charge in [-0.2, -0.15) is 4.98 Å². The van der Waals surface area contributed by atoms with Crippen molar-refractivity contribution in [2.45, 2.75) is 39.7 Å². The molecule has 0 unspecified atom stereocenters. The molecule has 1 aromatic heterocycles. The molecule has 3 rings (SSSR count). The van der Waals surface area contributed by atoms with Crippen LogP contribution < -0.4 is 4.74 Å². The number of aromatic nitrogens is 2. The summed E-state index contributed by atoms with van der Waals surface area (Å²) in [4.78, 5) is 18.9. The first-order chi connectivity index (χ1) is 11.7. The summed E-state index contributed by atoms with van der Waals surface area (Å²) in [5.74, 6) is 2.16. The van der Waals surface area contributed by atoms with Crippen LogP contribution in [0.4, 0.5) is 0 Å². The van der Waals surface area contributed by atoms with Crippen LogP contribution in [0.15, 0.2) is 28.8 Å². The molecule has 2 aromatic rings. The van der Waals surface area contributed by atoms with E-state index in [9.17, 15) is 4.79 Å². The van der Waals surface area contributed by atoms with E-state index >= 15 is 0 Å². The number of carbonyl (C=O) groups excluding carboxylic acids is 1. The number of rotatable bonds is 5. The lowest BCUT2D eigenvalue weighted by Crippen LogP contribution is -2.39. The van der Waals surface area contributed by atoms with Gasteiger partial charge in [0.05, 0.1) is 5.56 Å². The number of aryl methyl sites for hydroxylation is 1. The minimum absolute atomic E-state index is 0.0352. The van der Waals surface area contributed by atoms with E-state index in [4.69, 9.17) is 9.26 Å². The van der Waals surface area contributed by atoms with Crippen LogP contribution in [0.2, 0.25) is 0 Å². The fraction of sp³-hybridized carbons (Fsp3) is 0.500. The average molecular weight is 329 g/mol. The quantitative estimate of drug-likeness (QED) is 0.842. The number of benzene rings is 1. The van der Waals surface area contributed by atoms with Gasteiger partial charge in [-0.1, -0.05) is 30.6 Å². The molecular weight excluding hydrogens is 306 g/mol. The minimum atomic E-state index is 0.0352. The van der Waals surface area contributed by atoms with Crippen LogP contribution in [0.5, 0.6) is 5.75 Å². The second-order valence-electron chi connectivity index (χ2n) is 6.18. The Kier molecular flexibility index (Phi) is 5.13. The molecule has 6 nitrogen and oxygen atoms in total. The Labute approximate surface area is 141 Å². The van der Waals surface area contributed by atoms with Gasteiger partial charge in [0.2, 0.25) is 11.7 Å². The van der Waals surface area contributed by atoms with Gasteiger partial charge in [0.25, 0.3) is 5.91 Å². The predicted octanol–water partition coefficient (Wildman–Crippen LogP) is 3.22. The largest absolute Gasteiger partial charge is 0.485 e. The number of amides is 1. The average Bonchev–Trinajstić information content (AvgIpc) is 3.05. The summed E-state index contributed by atoms with van der Waals surface area (Å²) in [7, 11) is 0. The van der Waals surface area contributed by atoms with Gasteiger partial charge in [-0.15, -0.1) is 0 Å². The topological polar surface area (TPSA) is 68.5 Å². The fourth-order valence-corrected chi connectivity index (χ4v) is 3.06. The SMILES string of the molecule is CC[C@H]1CCCN(C(=O)c2ccccc2OCc2noc(C)n2)C1. The number of hydrogen-bond donors (Lipinski definition) is 0. The lowest BCUT2D eigenvalue weighted by atomic mass is 9.95. The molecule has 0 radical (unpaired) electrons. The summed E-state index contributed by atoms with van der Waals surface area (Å²) in [6.45, 7) is 5.73. The molecule has 0 spiro atoms. The third-order valence-corrected chi connectivity index (χ3v) is 4.43. The molecule has 0 aliphatic carbocycles.